The van der Waals surface area contributed by atoms with Crippen LogP contribution < -0.4 is 4.74 Å². The van der Waals surface area contributed by atoms with Crippen LogP contribution in [0.4, 0.5) is 4.39 Å². The van der Waals surface area contributed by atoms with Gasteiger partial charge in [-0.3, -0.25) is 9.78 Å². The summed E-state index contributed by atoms with van der Waals surface area (Å²) in [6.07, 6.45) is 3.40. The number of fused-ring (bicyclic) bond motifs is 1. The Labute approximate surface area is 163 Å². The van der Waals surface area contributed by atoms with Gasteiger partial charge >= 0.3 is 6.01 Å². The van der Waals surface area contributed by atoms with E-state index in [1.165, 1.54) is 19.4 Å². The fraction of sp³-hybridized carbons (Fsp3) is 0.105. The number of aromatic nitrogens is 5. The molecule has 140 valence electrons. The van der Waals surface area contributed by atoms with Crippen molar-refractivity contribution in [2.75, 3.05) is 7.11 Å². The zero-order chi connectivity index (χ0) is 19.7. The lowest BCUT2D eigenvalue weighted by Gasteiger charge is -2.09. The van der Waals surface area contributed by atoms with Crippen LogP contribution in [0.5, 0.6) is 6.01 Å². The minimum absolute atomic E-state index is 0.0962. The molecular weight excluding hydrogens is 385 g/mol. The summed E-state index contributed by atoms with van der Waals surface area (Å²) in [5.74, 6) is -0.0490. The Morgan fingerprint density at radius 2 is 1.96 bits per heavy atom. The molecule has 0 atom stereocenters. The van der Waals surface area contributed by atoms with Crippen LogP contribution in [0.25, 0.3) is 22.6 Å². The van der Waals surface area contributed by atoms with Crippen molar-refractivity contribution < 1.29 is 13.9 Å². The zero-order valence-electron chi connectivity index (χ0n) is 14.6. The van der Waals surface area contributed by atoms with Gasteiger partial charge in [-0.2, -0.15) is 9.97 Å². The van der Waals surface area contributed by atoms with Crippen LogP contribution in [0.2, 0.25) is 5.15 Å². The van der Waals surface area contributed by atoms with E-state index < -0.39 is 5.82 Å². The van der Waals surface area contributed by atoms with Gasteiger partial charge < -0.3 is 9.30 Å². The molecule has 0 N–H and O–H groups in total. The molecular formula is C19H13ClFN5O2. The van der Waals surface area contributed by atoms with Gasteiger partial charge in [0, 0.05) is 17.3 Å². The summed E-state index contributed by atoms with van der Waals surface area (Å²) in [5, 5.41) is 0.127. The number of methoxy groups -OCH3 is 1. The maximum absolute atomic E-state index is 13.7. The molecule has 0 spiro atoms. The van der Waals surface area contributed by atoms with Crippen LogP contribution in [0, 0.1) is 5.82 Å². The molecule has 3 aromatic heterocycles. The molecule has 4 aromatic rings. The number of rotatable bonds is 5. The number of ether oxygens (including phenoxy) is 1. The van der Waals surface area contributed by atoms with Crippen molar-refractivity contribution in [2.45, 2.75) is 6.54 Å². The molecule has 3 heterocycles. The van der Waals surface area contributed by atoms with E-state index in [9.17, 15) is 9.18 Å². The van der Waals surface area contributed by atoms with Gasteiger partial charge in [0.15, 0.2) is 10.8 Å². The average Bonchev–Trinajstić information content (AvgIpc) is 3.07. The Morgan fingerprint density at radius 1 is 1.18 bits per heavy atom. The topological polar surface area (TPSA) is 82.8 Å². The van der Waals surface area contributed by atoms with Gasteiger partial charge in [-0.25, -0.2) is 9.37 Å². The molecule has 0 saturated heterocycles. The lowest BCUT2D eigenvalue weighted by molar-refractivity contribution is 0.112. The third-order valence-corrected chi connectivity index (χ3v) is 4.40. The zero-order valence-corrected chi connectivity index (χ0v) is 15.4. The Morgan fingerprint density at radius 3 is 2.64 bits per heavy atom. The van der Waals surface area contributed by atoms with Gasteiger partial charge in [0.25, 0.3) is 0 Å². The largest absolute Gasteiger partial charge is 0.467 e. The summed E-state index contributed by atoms with van der Waals surface area (Å²) in [6, 6.07) is 8.50. The molecule has 0 aliphatic rings. The Bertz CT molecular complexity index is 1180. The SMILES string of the molecule is COc1nc(Cl)c2nc(-c3cncc(F)c3)n(Cc3ccc(C=O)cc3)c2n1. The quantitative estimate of drug-likeness (QED) is 0.378. The summed E-state index contributed by atoms with van der Waals surface area (Å²) in [5.41, 5.74) is 2.74. The number of aldehydes is 1. The third kappa shape index (κ3) is 3.29. The van der Waals surface area contributed by atoms with Gasteiger partial charge in [-0.15, -0.1) is 0 Å². The van der Waals surface area contributed by atoms with Crippen LogP contribution in [-0.4, -0.2) is 37.9 Å². The minimum Gasteiger partial charge on any atom is -0.467 e. The first-order valence-electron chi connectivity index (χ1n) is 8.22. The highest BCUT2D eigenvalue weighted by molar-refractivity contribution is 6.33. The van der Waals surface area contributed by atoms with Crippen molar-refractivity contribution in [3.05, 3.63) is 64.8 Å². The van der Waals surface area contributed by atoms with Crippen LogP contribution in [0.3, 0.4) is 0 Å². The number of benzene rings is 1. The van der Waals surface area contributed by atoms with Gasteiger partial charge in [0.2, 0.25) is 0 Å². The van der Waals surface area contributed by atoms with Crippen molar-refractivity contribution >= 4 is 29.1 Å². The molecule has 4 rings (SSSR count). The van der Waals surface area contributed by atoms with Crippen LogP contribution >= 0.6 is 11.6 Å². The van der Waals surface area contributed by atoms with Crippen LogP contribution in [0.1, 0.15) is 15.9 Å². The Hall–Kier alpha value is -3.39. The number of imidazole rings is 1. The molecule has 0 amide bonds. The molecule has 0 aliphatic carbocycles. The van der Waals surface area contributed by atoms with E-state index in [0.717, 1.165) is 18.0 Å². The lowest BCUT2D eigenvalue weighted by Crippen LogP contribution is -2.05. The minimum atomic E-state index is -0.485. The van der Waals surface area contributed by atoms with Crippen molar-refractivity contribution in [1.29, 1.82) is 0 Å². The number of halogens is 2. The Balaban J connectivity index is 1.92. The molecule has 0 fully saturated rings. The first kappa shape index (κ1) is 18.0. The number of carbonyl (C=O) groups is 1. The van der Waals surface area contributed by atoms with E-state index in [2.05, 4.69) is 19.9 Å². The predicted octanol–water partition coefficient (Wildman–Crippen LogP) is 3.55. The second kappa shape index (κ2) is 7.32. The third-order valence-electron chi connectivity index (χ3n) is 4.13. The smallest absolute Gasteiger partial charge is 0.319 e. The van der Waals surface area contributed by atoms with Crippen LogP contribution in [0.15, 0.2) is 42.7 Å². The maximum atomic E-state index is 13.7. The normalized spacial score (nSPS) is 11.0. The molecule has 0 bridgehead atoms. The predicted molar refractivity (Wildman–Crippen MR) is 101 cm³/mol. The fourth-order valence-electron chi connectivity index (χ4n) is 2.83. The van der Waals surface area contributed by atoms with Gasteiger partial charge in [0.05, 0.1) is 19.9 Å². The van der Waals surface area contributed by atoms with E-state index in [0.29, 0.717) is 34.7 Å². The van der Waals surface area contributed by atoms with E-state index in [1.807, 2.05) is 12.1 Å². The number of carbonyl (C=O) groups excluding carboxylic acids is 1. The molecule has 0 aliphatic heterocycles. The summed E-state index contributed by atoms with van der Waals surface area (Å²) < 4.78 is 20.6. The molecule has 1 aromatic carbocycles. The number of hydrogen-bond donors (Lipinski definition) is 0. The molecule has 0 saturated carbocycles. The number of nitrogens with zero attached hydrogens (tertiary/aromatic N) is 5. The summed E-state index contributed by atoms with van der Waals surface area (Å²) in [4.78, 5) is 27.7. The summed E-state index contributed by atoms with van der Waals surface area (Å²) >= 11 is 6.25. The van der Waals surface area contributed by atoms with Crippen molar-refractivity contribution in [2.24, 2.45) is 0 Å². The standard InChI is InChI=1S/C19H13ClFN5O2/c1-28-19-24-16(20)15-18(25-19)26(9-11-2-4-12(10-27)5-3-11)17(23-15)13-6-14(21)8-22-7-13/h2-8,10H,9H2,1H3. The highest BCUT2D eigenvalue weighted by atomic mass is 35.5. The van der Waals surface area contributed by atoms with Crippen LogP contribution in [-0.2, 0) is 6.54 Å². The van der Waals surface area contributed by atoms with E-state index in [-0.39, 0.29) is 11.2 Å². The first-order chi connectivity index (χ1) is 13.6. The highest BCUT2D eigenvalue weighted by Crippen LogP contribution is 2.29. The van der Waals surface area contributed by atoms with Gasteiger partial charge in [-0.05, 0) is 11.6 Å². The second-order valence-electron chi connectivity index (χ2n) is 5.95. The van der Waals surface area contributed by atoms with E-state index >= 15 is 0 Å². The molecule has 0 radical (unpaired) electrons. The number of hydrogen-bond acceptors (Lipinski definition) is 6. The fourth-order valence-corrected chi connectivity index (χ4v) is 3.03. The molecule has 7 nitrogen and oxygen atoms in total. The van der Waals surface area contributed by atoms with E-state index in [1.54, 1.807) is 16.7 Å². The lowest BCUT2D eigenvalue weighted by atomic mass is 10.1. The second-order valence-corrected chi connectivity index (χ2v) is 6.30. The Kier molecular flexibility index (Phi) is 4.70. The highest BCUT2D eigenvalue weighted by Gasteiger charge is 2.19. The van der Waals surface area contributed by atoms with Gasteiger partial charge in [0.1, 0.15) is 23.4 Å². The first-order valence-corrected chi connectivity index (χ1v) is 8.59. The monoisotopic (exact) mass is 397 g/mol. The molecule has 9 heteroatoms. The summed E-state index contributed by atoms with van der Waals surface area (Å²) in [6.45, 7) is 0.359. The van der Waals surface area contributed by atoms with Crippen molar-refractivity contribution in [1.82, 2.24) is 24.5 Å². The van der Waals surface area contributed by atoms with Gasteiger partial charge in [-0.1, -0.05) is 35.9 Å². The van der Waals surface area contributed by atoms with Crippen molar-refractivity contribution in [3.8, 4) is 17.4 Å². The van der Waals surface area contributed by atoms with Crippen molar-refractivity contribution in [3.63, 3.8) is 0 Å². The summed E-state index contributed by atoms with van der Waals surface area (Å²) in [7, 11) is 1.44. The molecule has 28 heavy (non-hydrogen) atoms. The molecule has 0 unspecified atom stereocenters. The average molecular weight is 398 g/mol. The van der Waals surface area contributed by atoms with E-state index in [4.69, 9.17) is 16.3 Å². The number of pyridine rings is 1. The maximum Gasteiger partial charge on any atom is 0.319 e.